The van der Waals surface area contributed by atoms with E-state index < -0.39 is 0 Å². The van der Waals surface area contributed by atoms with Crippen LogP contribution >= 0.6 is 12.4 Å². The van der Waals surface area contributed by atoms with Crippen molar-refractivity contribution in [3.63, 3.8) is 0 Å². The van der Waals surface area contributed by atoms with Crippen molar-refractivity contribution in [2.24, 2.45) is 0 Å². The second-order valence-corrected chi connectivity index (χ2v) is 2.75. The van der Waals surface area contributed by atoms with Gasteiger partial charge in [-0.2, -0.15) is 5.10 Å². The molecule has 0 aliphatic heterocycles. The van der Waals surface area contributed by atoms with Crippen LogP contribution in [0.3, 0.4) is 0 Å². The molecule has 0 saturated carbocycles. The van der Waals surface area contributed by atoms with E-state index in [-0.39, 0.29) is 18.4 Å². The Balaban J connectivity index is 0.00000112. The van der Waals surface area contributed by atoms with E-state index in [9.17, 15) is 4.79 Å². The van der Waals surface area contributed by atoms with Gasteiger partial charge < -0.3 is 4.74 Å². The molecule has 0 radical (unpaired) electrons. The van der Waals surface area contributed by atoms with E-state index in [1.165, 1.54) is 6.20 Å². The van der Waals surface area contributed by atoms with E-state index >= 15 is 0 Å². The summed E-state index contributed by atoms with van der Waals surface area (Å²) < 4.78 is 4.84. The first kappa shape index (κ1) is 11.5. The first-order valence-corrected chi connectivity index (χ1v) is 4.27. The minimum absolute atomic E-state index is 0. The third-order valence-electron chi connectivity index (χ3n) is 1.80. The van der Waals surface area contributed by atoms with Crippen LogP contribution in [-0.4, -0.2) is 27.8 Å². The Morgan fingerprint density at radius 2 is 2.33 bits per heavy atom. The van der Waals surface area contributed by atoms with Crippen LogP contribution in [0, 0.1) is 0 Å². The first-order valence-electron chi connectivity index (χ1n) is 4.27. The van der Waals surface area contributed by atoms with Gasteiger partial charge in [0, 0.05) is 11.6 Å². The van der Waals surface area contributed by atoms with Gasteiger partial charge in [-0.1, -0.05) is 0 Å². The normalized spacial score (nSPS) is 9.67. The smallest absolute Gasteiger partial charge is 0.339 e. The van der Waals surface area contributed by atoms with Crippen LogP contribution in [0.15, 0.2) is 18.5 Å². The molecule has 80 valence electrons. The fraction of sp³-hybridized carbons (Fsp3) is 0.222. The summed E-state index contributed by atoms with van der Waals surface area (Å²) in [5.41, 5.74) is 1.11. The zero-order valence-corrected chi connectivity index (χ0v) is 8.87. The fourth-order valence-corrected chi connectivity index (χ4v) is 1.16. The van der Waals surface area contributed by atoms with Crippen LogP contribution < -0.4 is 0 Å². The van der Waals surface area contributed by atoms with Crippen LogP contribution in [-0.2, 0) is 4.74 Å². The molecule has 0 bridgehead atoms. The lowest BCUT2D eigenvalue weighted by Crippen LogP contribution is -2.04. The summed E-state index contributed by atoms with van der Waals surface area (Å²) in [6.45, 7) is 2.13. The maximum atomic E-state index is 11.3. The van der Waals surface area contributed by atoms with E-state index in [4.69, 9.17) is 4.74 Å². The predicted molar refractivity (Wildman–Crippen MR) is 57.1 cm³/mol. The third kappa shape index (κ3) is 2.24. The molecule has 0 fully saturated rings. The molecular formula is C9H10ClN3O2. The lowest BCUT2D eigenvalue weighted by atomic mass is 10.2. The number of H-pyrrole nitrogens is 1. The molecule has 2 rings (SSSR count). The number of esters is 1. The van der Waals surface area contributed by atoms with Gasteiger partial charge in [0.2, 0.25) is 0 Å². The molecule has 15 heavy (non-hydrogen) atoms. The van der Waals surface area contributed by atoms with Gasteiger partial charge in [-0.05, 0) is 13.0 Å². The molecule has 2 aromatic rings. The Labute approximate surface area is 92.3 Å². The molecular weight excluding hydrogens is 218 g/mol. The minimum Gasteiger partial charge on any atom is -0.462 e. The molecule has 0 amide bonds. The Hall–Kier alpha value is -1.62. The number of nitrogens with one attached hydrogen (secondary N) is 1. The van der Waals surface area contributed by atoms with Gasteiger partial charge >= 0.3 is 5.97 Å². The molecule has 5 nitrogen and oxygen atoms in total. The van der Waals surface area contributed by atoms with Crippen molar-refractivity contribution >= 4 is 29.4 Å². The summed E-state index contributed by atoms with van der Waals surface area (Å²) in [5, 5.41) is 7.31. The second kappa shape index (κ2) is 4.75. The molecule has 0 aliphatic rings. The minimum atomic E-state index is -0.358. The highest BCUT2D eigenvalue weighted by atomic mass is 35.5. The summed E-state index contributed by atoms with van der Waals surface area (Å²) in [4.78, 5) is 15.3. The number of nitrogens with zero attached hydrogens (tertiary/aromatic N) is 2. The van der Waals surface area contributed by atoms with E-state index in [1.54, 1.807) is 19.2 Å². The summed E-state index contributed by atoms with van der Waals surface area (Å²) in [6, 6.07) is 1.70. The summed E-state index contributed by atoms with van der Waals surface area (Å²) in [5.74, 6) is -0.358. The standard InChI is InChI=1S/C9H9N3O2.ClH/c1-2-14-9(13)7-3-6-5-11-12-8(6)10-4-7;/h3-5H,2H2,1H3,(H,10,11,12);1H. The number of carbonyl (C=O) groups excluding carboxylic acids is 1. The van der Waals surface area contributed by atoms with Crippen molar-refractivity contribution in [2.45, 2.75) is 6.92 Å². The Morgan fingerprint density at radius 3 is 3.07 bits per heavy atom. The summed E-state index contributed by atoms with van der Waals surface area (Å²) in [7, 11) is 0. The summed E-state index contributed by atoms with van der Waals surface area (Å²) >= 11 is 0. The molecule has 0 unspecified atom stereocenters. The van der Waals surface area contributed by atoms with Crippen molar-refractivity contribution < 1.29 is 9.53 Å². The maximum absolute atomic E-state index is 11.3. The highest BCUT2D eigenvalue weighted by Gasteiger charge is 2.08. The lowest BCUT2D eigenvalue weighted by Gasteiger charge is -2.00. The quantitative estimate of drug-likeness (QED) is 0.791. The highest BCUT2D eigenvalue weighted by molar-refractivity contribution is 5.92. The number of pyridine rings is 1. The van der Waals surface area contributed by atoms with Crippen LogP contribution in [0.4, 0.5) is 0 Å². The third-order valence-corrected chi connectivity index (χ3v) is 1.80. The SMILES string of the molecule is CCOC(=O)c1cnc2[nH]ncc2c1.Cl. The molecule has 6 heteroatoms. The maximum Gasteiger partial charge on any atom is 0.339 e. The van der Waals surface area contributed by atoms with Gasteiger partial charge in [-0.25, -0.2) is 9.78 Å². The van der Waals surface area contributed by atoms with Gasteiger partial charge in [0.15, 0.2) is 5.65 Å². The molecule has 0 aliphatic carbocycles. The number of carbonyl (C=O) groups is 1. The molecule has 2 aromatic heterocycles. The number of rotatable bonds is 2. The van der Waals surface area contributed by atoms with Crippen LogP contribution in [0.2, 0.25) is 0 Å². The van der Waals surface area contributed by atoms with Crippen LogP contribution in [0.5, 0.6) is 0 Å². The molecule has 0 aromatic carbocycles. The van der Waals surface area contributed by atoms with Gasteiger partial charge in [-0.3, -0.25) is 5.10 Å². The van der Waals surface area contributed by atoms with Gasteiger partial charge in [-0.15, -0.1) is 12.4 Å². The van der Waals surface area contributed by atoms with E-state index in [2.05, 4.69) is 15.2 Å². The molecule has 0 spiro atoms. The Morgan fingerprint density at radius 1 is 1.53 bits per heavy atom. The highest BCUT2D eigenvalue weighted by Crippen LogP contribution is 2.10. The Bertz CT molecular complexity index is 469. The zero-order valence-electron chi connectivity index (χ0n) is 8.06. The van der Waals surface area contributed by atoms with Crippen molar-refractivity contribution in [2.75, 3.05) is 6.61 Å². The lowest BCUT2D eigenvalue weighted by molar-refractivity contribution is 0.0526. The van der Waals surface area contributed by atoms with Gasteiger partial charge in [0.25, 0.3) is 0 Å². The topological polar surface area (TPSA) is 67.9 Å². The van der Waals surface area contributed by atoms with E-state index in [0.717, 1.165) is 5.39 Å². The average molecular weight is 228 g/mol. The van der Waals surface area contributed by atoms with Crippen molar-refractivity contribution in [3.8, 4) is 0 Å². The first-order chi connectivity index (χ1) is 6.81. The van der Waals surface area contributed by atoms with Gasteiger partial charge in [0.1, 0.15) is 0 Å². The zero-order chi connectivity index (χ0) is 9.97. The number of hydrogen-bond donors (Lipinski definition) is 1. The number of aromatic amines is 1. The molecule has 0 atom stereocenters. The Kier molecular flexibility index (Phi) is 3.62. The van der Waals surface area contributed by atoms with E-state index in [1.807, 2.05) is 0 Å². The second-order valence-electron chi connectivity index (χ2n) is 2.75. The number of halogens is 1. The fourth-order valence-electron chi connectivity index (χ4n) is 1.16. The number of hydrogen-bond acceptors (Lipinski definition) is 4. The monoisotopic (exact) mass is 227 g/mol. The number of fused-ring (bicyclic) bond motifs is 1. The number of aromatic nitrogens is 3. The van der Waals surface area contributed by atoms with Crippen molar-refractivity contribution in [1.82, 2.24) is 15.2 Å². The van der Waals surface area contributed by atoms with Crippen LogP contribution in [0.1, 0.15) is 17.3 Å². The number of ether oxygens (including phenoxy) is 1. The average Bonchev–Trinajstić information content (AvgIpc) is 2.64. The van der Waals surface area contributed by atoms with Gasteiger partial charge in [0.05, 0.1) is 18.4 Å². The molecule has 2 heterocycles. The largest absolute Gasteiger partial charge is 0.462 e. The van der Waals surface area contributed by atoms with E-state index in [0.29, 0.717) is 17.8 Å². The van der Waals surface area contributed by atoms with Crippen molar-refractivity contribution in [3.05, 3.63) is 24.0 Å². The van der Waals surface area contributed by atoms with Crippen molar-refractivity contribution in [1.29, 1.82) is 0 Å². The molecule has 1 N–H and O–H groups in total. The predicted octanol–water partition coefficient (Wildman–Crippen LogP) is 1.56. The van der Waals surface area contributed by atoms with Crippen LogP contribution in [0.25, 0.3) is 11.0 Å². The molecule has 0 saturated heterocycles. The summed E-state index contributed by atoms with van der Waals surface area (Å²) in [6.07, 6.45) is 3.09.